The summed E-state index contributed by atoms with van der Waals surface area (Å²) in [7, 11) is 0. The molecule has 156 valence electrons. The molecule has 2 aromatic heterocycles. The highest BCUT2D eigenvalue weighted by atomic mass is 16.6. The van der Waals surface area contributed by atoms with Crippen LogP contribution in [0.3, 0.4) is 0 Å². The minimum atomic E-state index is -2.20. The van der Waals surface area contributed by atoms with Crippen LogP contribution in [-0.2, 0) is 19.1 Å². The number of esters is 1. The molecule has 1 aliphatic heterocycles. The van der Waals surface area contributed by atoms with Gasteiger partial charge in [-0.05, 0) is 40.7 Å². The van der Waals surface area contributed by atoms with E-state index in [0.29, 0.717) is 11.5 Å². The average molecular weight is 403 g/mol. The Morgan fingerprint density at radius 2 is 2.00 bits per heavy atom. The Morgan fingerprint density at radius 1 is 1.28 bits per heavy atom. The van der Waals surface area contributed by atoms with Crippen LogP contribution in [0.15, 0.2) is 30.7 Å². The van der Waals surface area contributed by atoms with Crippen molar-refractivity contribution >= 4 is 17.7 Å². The zero-order valence-corrected chi connectivity index (χ0v) is 17.1. The van der Waals surface area contributed by atoms with Gasteiger partial charge in [-0.2, -0.15) is 10.2 Å². The second kappa shape index (κ2) is 7.20. The highest BCUT2D eigenvalue weighted by Crippen LogP contribution is 2.35. The van der Waals surface area contributed by atoms with Gasteiger partial charge in [0, 0.05) is 12.3 Å². The number of aliphatic hydroxyl groups is 1. The third kappa shape index (κ3) is 3.85. The molecule has 0 radical (unpaired) electrons. The fraction of sp³-hybridized carbons (Fsp3) is 0.526. The van der Waals surface area contributed by atoms with Crippen LogP contribution in [0.2, 0.25) is 0 Å². The largest absolute Gasteiger partial charge is 0.458 e. The molecule has 10 heteroatoms. The molecule has 1 fully saturated rings. The van der Waals surface area contributed by atoms with Crippen LogP contribution in [0.1, 0.15) is 34.6 Å². The molecule has 1 saturated heterocycles. The number of carbonyl (C=O) groups is 2. The molecular formula is C19H25N5O5. The van der Waals surface area contributed by atoms with E-state index >= 15 is 0 Å². The molecule has 2 aromatic rings. The molecule has 0 spiro atoms. The van der Waals surface area contributed by atoms with E-state index in [1.165, 1.54) is 31.1 Å². The van der Waals surface area contributed by atoms with Crippen molar-refractivity contribution < 1.29 is 24.2 Å². The predicted octanol–water partition coefficient (Wildman–Crippen LogP) is 0.877. The highest BCUT2D eigenvalue weighted by molar-refractivity contribution is 6.04. The zero-order chi connectivity index (χ0) is 21.4. The van der Waals surface area contributed by atoms with Crippen LogP contribution in [0.25, 0.3) is 5.69 Å². The first-order valence-corrected chi connectivity index (χ1v) is 9.20. The van der Waals surface area contributed by atoms with Crippen molar-refractivity contribution in [2.75, 3.05) is 18.1 Å². The summed E-state index contributed by atoms with van der Waals surface area (Å²) >= 11 is 0. The molecular weight excluding hydrogens is 378 g/mol. The predicted molar refractivity (Wildman–Crippen MR) is 102 cm³/mol. The van der Waals surface area contributed by atoms with Gasteiger partial charge in [0.05, 0.1) is 31.2 Å². The van der Waals surface area contributed by atoms with Gasteiger partial charge >= 0.3 is 5.97 Å². The molecule has 1 unspecified atom stereocenters. The SMILES string of the molecule is CC(C)(C)OC(=O)C(C)(O)[C@@]1(C)OCCN(c2ccn(-c3ccnnc3)n2)C1=O. The normalized spacial score (nSPS) is 22.3. The van der Waals surface area contributed by atoms with Crippen molar-refractivity contribution in [3.8, 4) is 5.69 Å². The van der Waals surface area contributed by atoms with Gasteiger partial charge in [-0.1, -0.05) is 0 Å². The summed E-state index contributed by atoms with van der Waals surface area (Å²) in [5, 5.41) is 22.9. The second-order valence-electron chi connectivity index (χ2n) is 8.13. The van der Waals surface area contributed by atoms with Crippen molar-refractivity contribution in [2.45, 2.75) is 51.4 Å². The molecule has 0 saturated carbocycles. The minimum absolute atomic E-state index is 0.116. The quantitative estimate of drug-likeness (QED) is 0.747. The fourth-order valence-electron chi connectivity index (χ4n) is 2.92. The zero-order valence-electron chi connectivity index (χ0n) is 17.1. The van der Waals surface area contributed by atoms with Crippen LogP contribution < -0.4 is 4.90 Å². The summed E-state index contributed by atoms with van der Waals surface area (Å²) in [5.74, 6) is -1.16. The van der Waals surface area contributed by atoms with Crippen molar-refractivity contribution in [1.29, 1.82) is 0 Å². The van der Waals surface area contributed by atoms with E-state index in [1.807, 2.05) is 0 Å². The maximum atomic E-state index is 13.3. The Labute approximate surface area is 168 Å². The lowest BCUT2D eigenvalue weighted by atomic mass is 9.83. The second-order valence-corrected chi connectivity index (χ2v) is 8.13. The number of anilines is 1. The number of amides is 1. The standard InChI is InChI=1S/C19H25N5O5/c1-17(2,3)29-16(26)18(4,27)19(5)15(25)23(10-11-28-19)14-7-9-24(22-14)13-6-8-20-21-12-13/h6-9,12,27H,10-11H2,1-5H3/t18?,19-/m0/s1. The Kier molecular flexibility index (Phi) is 5.18. The summed E-state index contributed by atoms with van der Waals surface area (Å²) in [6.07, 6.45) is 4.75. The van der Waals surface area contributed by atoms with Crippen molar-refractivity contribution in [3.05, 3.63) is 30.7 Å². The summed E-state index contributed by atoms with van der Waals surface area (Å²) in [4.78, 5) is 27.3. The monoisotopic (exact) mass is 403 g/mol. The van der Waals surface area contributed by atoms with Crippen LogP contribution in [-0.4, -0.2) is 66.9 Å². The van der Waals surface area contributed by atoms with Gasteiger partial charge in [0.1, 0.15) is 5.60 Å². The summed E-state index contributed by atoms with van der Waals surface area (Å²) < 4.78 is 12.5. The molecule has 0 bridgehead atoms. The summed E-state index contributed by atoms with van der Waals surface area (Å²) in [5.41, 5.74) is -4.19. The van der Waals surface area contributed by atoms with E-state index in [2.05, 4.69) is 15.3 Å². The van der Waals surface area contributed by atoms with Crippen molar-refractivity contribution in [1.82, 2.24) is 20.0 Å². The average Bonchev–Trinajstić information content (AvgIpc) is 3.13. The fourth-order valence-corrected chi connectivity index (χ4v) is 2.92. The number of rotatable bonds is 4. The number of aromatic nitrogens is 4. The van der Waals surface area contributed by atoms with Gasteiger partial charge in [0.15, 0.2) is 17.0 Å². The van der Waals surface area contributed by atoms with Gasteiger partial charge < -0.3 is 14.6 Å². The van der Waals surface area contributed by atoms with Gasteiger partial charge in [0.2, 0.25) is 0 Å². The van der Waals surface area contributed by atoms with E-state index in [9.17, 15) is 14.7 Å². The number of hydrogen-bond acceptors (Lipinski definition) is 8. The molecule has 29 heavy (non-hydrogen) atoms. The molecule has 3 heterocycles. The number of nitrogens with zero attached hydrogens (tertiary/aromatic N) is 5. The minimum Gasteiger partial charge on any atom is -0.458 e. The van der Waals surface area contributed by atoms with Crippen LogP contribution in [0, 0.1) is 0 Å². The third-order valence-electron chi connectivity index (χ3n) is 4.77. The third-order valence-corrected chi connectivity index (χ3v) is 4.77. The first-order valence-electron chi connectivity index (χ1n) is 9.20. The smallest absolute Gasteiger partial charge is 0.341 e. The van der Waals surface area contributed by atoms with E-state index in [1.54, 1.807) is 43.8 Å². The molecule has 1 aliphatic rings. The number of hydrogen-bond donors (Lipinski definition) is 1. The van der Waals surface area contributed by atoms with Gasteiger partial charge in [-0.3, -0.25) is 9.69 Å². The number of morpholine rings is 1. The molecule has 3 rings (SSSR count). The van der Waals surface area contributed by atoms with Crippen LogP contribution >= 0.6 is 0 Å². The Bertz CT molecular complexity index is 905. The topological polar surface area (TPSA) is 120 Å². The van der Waals surface area contributed by atoms with E-state index in [-0.39, 0.29) is 13.2 Å². The summed E-state index contributed by atoms with van der Waals surface area (Å²) in [6.45, 7) is 7.99. The Balaban J connectivity index is 1.88. The Morgan fingerprint density at radius 3 is 2.62 bits per heavy atom. The van der Waals surface area contributed by atoms with Crippen LogP contribution in [0.4, 0.5) is 5.82 Å². The lowest BCUT2D eigenvalue weighted by molar-refractivity contribution is -0.214. The summed E-state index contributed by atoms with van der Waals surface area (Å²) in [6, 6.07) is 3.38. The highest BCUT2D eigenvalue weighted by Gasteiger charge is 2.60. The lowest BCUT2D eigenvalue weighted by Crippen LogP contribution is -2.69. The van der Waals surface area contributed by atoms with E-state index in [4.69, 9.17) is 9.47 Å². The lowest BCUT2D eigenvalue weighted by Gasteiger charge is -2.45. The molecule has 0 aromatic carbocycles. The van der Waals surface area contributed by atoms with Crippen LogP contribution in [0.5, 0.6) is 0 Å². The molecule has 10 nitrogen and oxygen atoms in total. The van der Waals surface area contributed by atoms with Gasteiger partial charge in [-0.15, -0.1) is 5.10 Å². The maximum Gasteiger partial charge on any atom is 0.341 e. The molecule has 1 amide bonds. The maximum absolute atomic E-state index is 13.3. The van der Waals surface area contributed by atoms with Gasteiger partial charge in [-0.25, -0.2) is 9.48 Å². The van der Waals surface area contributed by atoms with Crippen molar-refractivity contribution in [3.63, 3.8) is 0 Å². The first-order chi connectivity index (χ1) is 13.5. The molecule has 2 atom stereocenters. The van der Waals surface area contributed by atoms with Gasteiger partial charge in [0.25, 0.3) is 5.91 Å². The number of ether oxygens (including phenoxy) is 2. The number of carbonyl (C=O) groups excluding carboxylic acids is 2. The first kappa shape index (κ1) is 20.9. The molecule has 0 aliphatic carbocycles. The Hall–Kier alpha value is -2.85. The molecule has 1 N–H and O–H groups in total. The van der Waals surface area contributed by atoms with E-state index in [0.717, 1.165) is 0 Å². The van der Waals surface area contributed by atoms with E-state index < -0.39 is 28.7 Å². The van der Waals surface area contributed by atoms with Crippen molar-refractivity contribution in [2.24, 2.45) is 0 Å².